The molecule has 2 aromatic carbocycles. The average Bonchev–Trinajstić information content (AvgIpc) is 2.72. The highest BCUT2D eigenvalue weighted by atomic mass is 35.5. The van der Waals surface area contributed by atoms with E-state index in [2.05, 4.69) is 5.32 Å². The lowest BCUT2D eigenvalue weighted by Crippen LogP contribution is -2.50. The van der Waals surface area contributed by atoms with E-state index in [9.17, 15) is 14.0 Å². The van der Waals surface area contributed by atoms with Crippen molar-refractivity contribution in [3.8, 4) is 5.75 Å². The van der Waals surface area contributed by atoms with Crippen LogP contribution in [0.1, 0.15) is 32.3 Å². The van der Waals surface area contributed by atoms with Crippen molar-refractivity contribution in [2.45, 2.75) is 39.3 Å². The van der Waals surface area contributed by atoms with Gasteiger partial charge in [-0.2, -0.15) is 0 Å². The molecule has 0 saturated carbocycles. The van der Waals surface area contributed by atoms with Crippen molar-refractivity contribution >= 4 is 35.0 Å². The highest BCUT2D eigenvalue weighted by Crippen LogP contribution is 2.27. The lowest BCUT2D eigenvalue weighted by molar-refractivity contribution is -0.143. The van der Waals surface area contributed by atoms with Gasteiger partial charge in [0.05, 0.1) is 5.02 Å². The summed E-state index contributed by atoms with van der Waals surface area (Å²) in [6.07, 6.45) is 1.20. The molecule has 0 fully saturated rings. The average molecular weight is 455 g/mol. The van der Waals surface area contributed by atoms with E-state index < -0.39 is 6.04 Å². The first kappa shape index (κ1) is 24.0. The summed E-state index contributed by atoms with van der Waals surface area (Å²) in [5.74, 6) is -0.673. The molecule has 0 heterocycles. The second kappa shape index (κ2) is 11.8. The molecular formula is C22H25Cl2FN2O3. The molecule has 0 aromatic heterocycles. The van der Waals surface area contributed by atoms with Gasteiger partial charge in [-0.15, -0.1) is 0 Å². The molecule has 5 nitrogen and oxygen atoms in total. The zero-order valence-corrected chi connectivity index (χ0v) is 18.5. The van der Waals surface area contributed by atoms with Gasteiger partial charge in [-0.25, -0.2) is 4.39 Å². The Bertz CT molecular complexity index is 862. The fourth-order valence-electron chi connectivity index (χ4n) is 2.89. The minimum atomic E-state index is -0.682. The minimum absolute atomic E-state index is 0.148. The Balaban J connectivity index is 2.20. The predicted molar refractivity (Wildman–Crippen MR) is 116 cm³/mol. The monoisotopic (exact) mass is 454 g/mol. The molecule has 0 radical (unpaired) electrons. The highest BCUT2D eigenvalue weighted by molar-refractivity contribution is 6.35. The summed E-state index contributed by atoms with van der Waals surface area (Å²) in [4.78, 5) is 27.1. The molecule has 0 saturated heterocycles. The van der Waals surface area contributed by atoms with Gasteiger partial charge >= 0.3 is 0 Å². The Hall–Kier alpha value is -2.31. The van der Waals surface area contributed by atoms with Crippen LogP contribution < -0.4 is 10.1 Å². The van der Waals surface area contributed by atoms with Crippen LogP contribution in [0.5, 0.6) is 5.75 Å². The van der Waals surface area contributed by atoms with E-state index in [1.807, 2.05) is 13.8 Å². The molecule has 0 aliphatic carbocycles. The predicted octanol–water partition coefficient (Wildman–Crippen LogP) is 4.84. The number of hydrogen-bond donors (Lipinski definition) is 1. The summed E-state index contributed by atoms with van der Waals surface area (Å²) in [6.45, 7) is 4.14. The second-order valence-electron chi connectivity index (χ2n) is 6.73. The summed E-state index contributed by atoms with van der Waals surface area (Å²) in [5, 5.41) is 3.57. The van der Waals surface area contributed by atoms with E-state index in [-0.39, 0.29) is 35.8 Å². The SMILES string of the molecule is CCCNC(=O)[C@@H](CC)N(Cc1ccc(F)cc1)C(=O)COc1ccc(Cl)cc1Cl. The molecule has 0 bridgehead atoms. The van der Waals surface area contributed by atoms with Crippen molar-refractivity contribution in [3.05, 3.63) is 63.9 Å². The molecule has 2 amide bonds. The Morgan fingerprint density at radius 2 is 1.83 bits per heavy atom. The van der Waals surface area contributed by atoms with Crippen molar-refractivity contribution in [1.82, 2.24) is 10.2 Å². The summed E-state index contributed by atoms with van der Waals surface area (Å²) in [6, 6.07) is 9.83. The minimum Gasteiger partial charge on any atom is -0.482 e. The van der Waals surface area contributed by atoms with Gasteiger partial charge in [0.25, 0.3) is 5.91 Å². The highest BCUT2D eigenvalue weighted by Gasteiger charge is 2.28. The number of carbonyl (C=O) groups excluding carboxylic acids is 2. The summed E-state index contributed by atoms with van der Waals surface area (Å²) < 4.78 is 18.8. The number of carbonyl (C=O) groups is 2. The quantitative estimate of drug-likeness (QED) is 0.558. The molecule has 0 spiro atoms. The maximum absolute atomic E-state index is 13.3. The Morgan fingerprint density at radius 3 is 2.43 bits per heavy atom. The molecular weight excluding hydrogens is 430 g/mol. The van der Waals surface area contributed by atoms with Gasteiger partial charge in [-0.1, -0.05) is 49.2 Å². The van der Waals surface area contributed by atoms with E-state index in [0.717, 1.165) is 6.42 Å². The molecule has 1 atom stereocenters. The van der Waals surface area contributed by atoms with Crippen LogP contribution in [-0.4, -0.2) is 35.9 Å². The van der Waals surface area contributed by atoms with Gasteiger partial charge in [0, 0.05) is 18.1 Å². The third-order valence-electron chi connectivity index (χ3n) is 4.45. The molecule has 8 heteroatoms. The fraction of sp³-hybridized carbons (Fsp3) is 0.364. The Morgan fingerprint density at radius 1 is 1.13 bits per heavy atom. The molecule has 0 unspecified atom stereocenters. The van der Waals surface area contributed by atoms with E-state index in [1.54, 1.807) is 24.3 Å². The zero-order chi connectivity index (χ0) is 22.1. The Kier molecular flexibility index (Phi) is 9.40. The lowest BCUT2D eigenvalue weighted by atomic mass is 10.1. The van der Waals surface area contributed by atoms with Crippen molar-refractivity contribution < 1.29 is 18.7 Å². The molecule has 0 aliphatic rings. The molecule has 0 aliphatic heterocycles. The molecule has 1 N–H and O–H groups in total. The van der Waals surface area contributed by atoms with Crippen LogP contribution in [0.4, 0.5) is 4.39 Å². The smallest absolute Gasteiger partial charge is 0.261 e. The maximum atomic E-state index is 13.3. The molecule has 162 valence electrons. The van der Waals surface area contributed by atoms with Crippen molar-refractivity contribution in [2.24, 2.45) is 0 Å². The number of halogens is 3. The molecule has 30 heavy (non-hydrogen) atoms. The molecule has 2 rings (SSSR count). The number of rotatable bonds is 10. The van der Waals surface area contributed by atoms with Crippen molar-refractivity contribution in [1.29, 1.82) is 0 Å². The van der Waals surface area contributed by atoms with Gasteiger partial charge in [0.1, 0.15) is 17.6 Å². The van der Waals surface area contributed by atoms with Gasteiger partial charge < -0.3 is 15.0 Å². The number of hydrogen-bond acceptors (Lipinski definition) is 3. The van der Waals surface area contributed by atoms with Crippen LogP contribution >= 0.6 is 23.2 Å². The van der Waals surface area contributed by atoms with Gasteiger partial charge in [0.2, 0.25) is 5.91 Å². The number of nitrogens with one attached hydrogen (secondary N) is 1. The number of ether oxygens (including phenoxy) is 1. The first-order valence-corrected chi connectivity index (χ1v) is 10.5. The first-order chi connectivity index (χ1) is 14.3. The van der Waals surface area contributed by atoms with E-state index in [1.165, 1.54) is 23.1 Å². The second-order valence-corrected chi connectivity index (χ2v) is 7.57. The van der Waals surface area contributed by atoms with Crippen LogP contribution in [0.3, 0.4) is 0 Å². The van der Waals surface area contributed by atoms with Crippen LogP contribution in [-0.2, 0) is 16.1 Å². The van der Waals surface area contributed by atoms with Gasteiger partial charge in [-0.05, 0) is 48.7 Å². The number of amides is 2. The lowest BCUT2D eigenvalue weighted by Gasteiger charge is -2.30. The summed E-state index contributed by atoms with van der Waals surface area (Å²) in [7, 11) is 0. The largest absolute Gasteiger partial charge is 0.482 e. The van der Waals surface area contributed by atoms with Crippen molar-refractivity contribution in [3.63, 3.8) is 0 Å². The van der Waals surface area contributed by atoms with Crippen molar-refractivity contribution in [2.75, 3.05) is 13.2 Å². The topological polar surface area (TPSA) is 58.6 Å². The van der Waals surface area contributed by atoms with Crippen LogP contribution in [0.25, 0.3) is 0 Å². The maximum Gasteiger partial charge on any atom is 0.261 e. The number of nitrogens with zero attached hydrogens (tertiary/aromatic N) is 1. The van der Waals surface area contributed by atoms with Crippen LogP contribution in [0, 0.1) is 5.82 Å². The third kappa shape index (κ3) is 6.89. The van der Waals surface area contributed by atoms with E-state index in [0.29, 0.717) is 29.3 Å². The fourth-order valence-corrected chi connectivity index (χ4v) is 3.35. The summed E-state index contributed by atoms with van der Waals surface area (Å²) >= 11 is 12.0. The van der Waals surface area contributed by atoms with Gasteiger partial charge in [0.15, 0.2) is 6.61 Å². The van der Waals surface area contributed by atoms with Crippen LogP contribution in [0.2, 0.25) is 10.0 Å². The Labute approximate surface area is 186 Å². The van der Waals surface area contributed by atoms with E-state index >= 15 is 0 Å². The van der Waals surface area contributed by atoms with Crippen LogP contribution in [0.15, 0.2) is 42.5 Å². The zero-order valence-electron chi connectivity index (χ0n) is 17.0. The standard InChI is InChI=1S/C22H25Cl2FN2O3/c1-3-11-26-22(29)19(4-2)27(13-15-5-8-17(25)9-6-15)21(28)14-30-20-10-7-16(23)12-18(20)24/h5-10,12,19H,3-4,11,13-14H2,1-2H3,(H,26,29)/t19-/m1/s1. The third-order valence-corrected chi connectivity index (χ3v) is 4.98. The first-order valence-electron chi connectivity index (χ1n) is 9.75. The molecule has 2 aromatic rings. The number of benzene rings is 2. The van der Waals surface area contributed by atoms with E-state index in [4.69, 9.17) is 27.9 Å². The van der Waals surface area contributed by atoms with Gasteiger partial charge in [-0.3, -0.25) is 9.59 Å². The normalized spacial score (nSPS) is 11.6. The summed E-state index contributed by atoms with van der Waals surface area (Å²) in [5.41, 5.74) is 0.705.